The van der Waals surface area contributed by atoms with Gasteiger partial charge in [0.2, 0.25) is 0 Å². The third-order valence-corrected chi connectivity index (χ3v) is 6.44. The fraction of sp³-hybridized carbons (Fsp3) is 0.167. The molecule has 214 valence electrons. The highest BCUT2D eigenvalue weighted by atomic mass is 19.4. The molecule has 0 saturated carbocycles. The minimum absolute atomic E-state index is 0.0713. The van der Waals surface area contributed by atoms with Crippen LogP contribution in [0.3, 0.4) is 0 Å². The van der Waals surface area contributed by atoms with Crippen LogP contribution in [0.15, 0.2) is 94.5 Å². The summed E-state index contributed by atoms with van der Waals surface area (Å²) < 4.78 is 42.8. The summed E-state index contributed by atoms with van der Waals surface area (Å²) in [6.07, 6.45) is 6.94. The fourth-order valence-electron chi connectivity index (χ4n) is 4.40. The van der Waals surface area contributed by atoms with Crippen molar-refractivity contribution >= 4 is 12.2 Å². The Morgan fingerprint density at radius 1 is 1.12 bits per heavy atom. The molecule has 0 unspecified atom stereocenters. The first kappa shape index (κ1) is 29.5. The van der Waals surface area contributed by atoms with Crippen molar-refractivity contribution in [1.82, 2.24) is 18.9 Å². The van der Waals surface area contributed by atoms with Gasteiger partial charge in [-0.3, -0.25) is 9.56 Å². The van der Waals surface area contributed by atoms with Crippen molar-refractivity contribution in [1.29, 1.82) is 5.26 Å². The molecule has 2 aromatic carbocycles. The molecule has 0 aliphatic carbocycles. The van der Waals surface area contributed by atoms with Gasteiger partial charge >= 0.3 is 17.9 Å². The second-order valence-electron chi connectivity index (χ2n) is 9.08. The summed E-state index contributed by atoms with van der Waals surface area (Å²) in [4.78, 5) is 29.3. The van der Waals surface area contributed by atoms with Crippen molar-refractivity contribution in [2.75, 3.05) is 0 Å². The monoisotopic (exact) mass is 573 g/mol. The number of nitrogens with zero attached hydrogens (tertiary/aromatic N) is 6. The number of allylic oxidation sites excluding steroid dienone is 3. The number of aromatic nitrogens is 4. The Morgan fingerprint density at radius 2 is 1.86 bits per heavy atom. The Bertz CT molecular complexity index is 1800. The highest BCUT2D eigenvalue weighted by Crippen LogP contribution is 2.32. The number of benzene rings is 2. The molecule has 1 aliphatic heterocycles. The Balaban J connectivity index is 0.000000385. The number of amides is 1. The third kappa shape index (κ3) is 6.15. The maximum absolute atomic E-state index is 13.2. The zero-order valence-corrected chi connectivity index (χ0v) is 22.7. The van der Waals surface area contributed by atoms with Gasteiger partial charge < -0.3 is 5.73 Å². The molecule has 1 aliphatic rings. The molecule has 2 N–H and O–H groups in total. The van der Waals surface area contributed by atoms with Gasteiger partial charge in [0.05, 0.1) is 46.2 Å². The molecule has 0 saturated heterocycles. The quantitative estimate of drug-likeness (QED) is 0.325. The molecule has 42 heavy (non-hydrogen) atoms. The number of carbonyl (C=O) groups is 1. The molecule has 0 atom stereocenters. The first-order chi connectivity index (χ1) is 20.1. The Labute approximate surface area is 239 Å². The average Bonchev–Trinajstić information content (AvgIpc) is 3.43. The van der Waals surface area contributed by atoms with Crippen molar-refractivity contribution in [2.24, 2.45) is 10.7 Å². The molecule has 3 heterocycles. The minimum atomic E-state index is -4.61. The van der Waals surface area contributed by atoms with Gasteiger partial charge in [-0.2, -0.15) is 23.5 Å². The van der Waals surface area contributed by atoms with E-state index in [2.05, 4.69) is 29.2 Å². The summed E-state index contributed by atoms with van der Waals surface area (Å²) in [5.74, 6) is 0. The predicted molar refractivity (Wildman–Crippen MR) is 153 cm³/mol. The molecule has 0 radical (unpaired) electrons. The normalized spacial score (nSPS) is 12.6. The number of alkyl halides is 3. The number of carbonyl (C=O) groups excluding carboxylic acids is 1. The summed E-state index contributed by atoms with van der Waals surface area (Å²) in [5.41, 5.74) is 6.45. The van der Waals surface area contributed by atoms with Crippen LogP contribution < -0.4 is 11.4 Å². The van der Waals surface area contributed by atoms with Crippen LogP contribution in [0.4, 0.5) is 18.0 Å². The van der Waals surface area contributed by atoms with Crippen LogP contribution in [-0.4, -0.2) is 31.2 Å². The first-order valence-electron chi connectivity index (χ1n) is 12.8. The molecule has 2 aromatic heterocycles. The van der Waals surface area contributed by atoms with E-state index in [9.17, 15) is 22.8 Å². The van der Waals surface area contributed by atoms with Crippen LogP contribution in [0.1, 0.15) is 36.6 Å². The van der Waals surface area contributed by atoms with E-state index in [0.717, 1.165) is 29.5 Å². The van der Waals surface area contributed by atoms with Gasteiger partial charge in [0.1, 0.15) is 5.69 Å². The highest BCUT2D eigenvalue weighted by Gasteiger charge is 2.31. The summed E-state index contributed by atoms with van der Waals surface area (Å²) in [6, 6.07) is 13.0. The molecule has 0 fully saturated rings. The largest absolute Gasteiger partial charge is 0.416 e. The summed E-state index contributed by atoms with van der Waals surface area (Å²) in [7, 11) is 0. The van der Waals surface area contributed by atoms with E-state index in [1.807, 2.05) is 18.5 Å². The van der Waals surface area contributed by atoms with E-state index in [1.54, 1.807) is 24.3 Å². The number of halogens is 3. The minimum Gasteiger partial charge on any atom is -0.351 e. The second kappa shape index (κ2) is 12.4. The average molecular weight is 574 g/mol. The molecule has 0 spiro atoms. The van der Waals surface area contributed by atoms with Crippen LogP contribution >= 0.6 is 0 Å². The molecule has 4 aromatic rings. The lowest BCUT2D eigenvalue weighted by Crippen LogP contribution is -2.33. The van der Waals surface area contributed by atoms with E-state index in [1.165, 1.54) is 41.6 Å². The summed E-state index contributed by atoms with van der Waals surface area (Å²) in [5, 5.41) is 13.2. The summed E-state index contributed by atoms with van der Waals surface area (Å²) >= 11 is 0. The van der Waals surface area contributed by atoms with Crippen molar-refractivity contribution in [2.45, 2.75) is 32.9 Å². The molecular weight excluding hydrogens is 547 g/mol. The second-order valence-corrected chi connectivity index (χ2v) is 9.08. The maximum Gasteiger partial charge on any atom is 0.416 e. The number of imidazole rings is 1. The van der Waals surface area contributed by atoms with Gasteiger partial charge in [0.15, 0.2) is 0 Å². The van der Waals surface area contributed by atoms with Crippen LogP contribution in [0.5, 0.6) is 0 Å². The maximum atomic E-state index is 13.2. The van der Waals surface area contributed by atoms with Gasteiger partial charge in [-0.1, -0.05) is 24.6 Å². The lowest BCUT2D eigenvalue weighted by atomic mass is 10.2. The van der Waals surface area contributed by atoms with Gasteiger partial charge in [-0.05, 0) is 68.0 Å². The smallest absolute Gasteiger partial charge is 0.351 e. The Morgan fingerprint density at radius 3 is 2.50 bits per heavy atom. The number of aliphatic imine (C=N–C) groups is 1. The van der Waals surface area contributed by atoms with Crippen molar-refractivity contribution in [3.8, 4) is 28.8 Å². The molecule has 1 amide bonds. The van der Waals surface area contributed by atoms with Crippen LogP contribution in [0.2, 0.25) is 0 Å². The van der Waals surface area contributed by atoms with Crippen LogP contribution in [-0.2, 0) is 6.18 Å². The lowest BCUT2D eigenvalue weighted by Gasteiger charge is -2.11. The number of nitriles is 1. The van der Waals surface area contributed by atoms with E-state index in [0.29, 0.717) is 21.5 Å². The molecule has 0 bridgehead atoms. The molecule has 5 rings (SSSR count). The van der Waals surface area contributed by atoms with Gasteiger partial charge in [-0.25, -0.2) is 18.8 Å². The van der Waals surface area contributed by atoms with Gasteiger partial charge in [0, 0.05) is 18.8 Å². The standard InChI is InChI=1S/C22H15F3N6O2.C8H11N/c1-13-19(18-9-10-28-31(18)16-7-5-14(12-26)6-8-16)30(20(27)32)21(33)29(13)17-4-2-3-15(11-17)22(23,24)25;1-2-8-4-3-6-9-7-5-8/h2-11H,1H3,(H2,27,32);4-7H,2-3H2,1H3. The Hall–Kier alpha value is -5.44. The fourth-order valence-corrected chi connectivity index (χ4v) is 4.40. The van der Waals surface area contributed by atoms with Crippen LogP contribution in [0, 0.1) is 18.3 Å². The third-order valence-electron chi connectivity index (χ3n) is 6.44. The zero-order valence-electron chi connectivity index (χ0n) is 22.7. The Kier molecular flexibility index (Phi) is 8.71. The van der Waals surface area contributed by atoms with E-state index < -0.39 is 23.5 Å². The van der Waals surface area contributed by atoms with Gasteiger partial charge in [0.25, 0.3) is 0 Å². The number of primary amides is 1. The zero-order chi connectivity index (χ0) is 30.4. The van der Waals surface area contributed by atoms with Crippen LogP contribution in [0.25, 0.3) is 22.8 Å². The highest BCUT2D eigenvalue weighted by molar-refractivity contribution is 5.82. The van der Waals surface area contributed by atoms with Gasteiger partial charge in [-0.15, -0.1) is 0 Å². The number of nitrogens with two attached hydrogens (primary N) is 1. The number of rotatable bonds is 4. The number of hydrogen-bond donors (Lipinski definition) is 1. The number of hydrogen-bond acceptors (Lipinski definition) is 5. The molecule has 12 heteroatoms. The SMILES string of the molecule is CCC1=CCC=NC=C1.Cc1c(-c2ccnn2-c2ccc(C#N)cc2)n(C(N)=O)c(=O)n1-c1cccc(C(F)(F)F)c1. The van der Waals surface area contributed by atoms with Crippen molar-refractivity contribution in [3.63, 3.8) is 0 Å². The topological polar surface area (TPSA) is 124 Å². The first-order valence-corrected chi connectivity index (χ1v) is 12.8. The predicted octanol–water partition coefficient (Wildman–Crippen LogP) is 5.93. The van der Waals surface area contributed by atoms with E-state index in [-0.39, 0.29) is 17.1 Å². The van der Waals surface area contributed by atoms with Crippen molar-refractivity contribution < 1.29 is 18.0 Å². The lowest BCUT2D eigenvalue weighted by molar-refractivity contribution is -0.137. The summed E-state index contributed by atoms with van der Waals surface area (Å²) in [6.45, 7) is 3.65. The van der Waals surface area contributed by atoms with E-state index >= 15 is 0 Å². The molecular formula is C30H26F3N7O2. The molecule has 9 nitrogen and oxygen atoms in total. The van der Waals surface area contributed by atoms with E-state index in [4.69, 9.17) is 11.0 Å². The van der Waals surface area contributed by atoms with Crippen molar-refractivity contribution in [3.05, 3.63) is 112 Å².